The molecule has 1 saturated carbocycles. The Hall–Kier alpha value is -0.620. The van der Waals surface area contributed by atoms with E-state index < -0.39 is 10.0 Å². The van der Waals surface area contributed by atoms with E-state index in [2.05, 4.69) is 18.7 Å². The minimum atomic E-state index is -3.13. The number of carbonyl (C=O) groups is 1. The molecule has 1 amide bonds. The van der Waals surface area contributed by atoms with Crippen LogP contribution in [0.5, 0.6) is 0 Å². The molecule has 126 valence electrons. The molecule has 0 aromatic heterocycles. The largest absolute Gasteiger partial charge is 0.336 e. The summed E-state index contributed by atoms with van der Waals surface area (Å²) in [5.74, 6) is 1.29. The summed E-state index contributed by atoms with van der Waals surface area (Å²) in [6, 6.07) is 0.731. The van der Waals surface area contributed by atoms with Gasteiger partial charge < -0.3 is 4.90 Å². The number of hydrogen-bond acceptors (Lipinski definition) is 3. The Bertz CT molecular complexity index is 528. The maximum atomic E-state index is 12.5. The summed E-state index contributed by atoms with van der Waals surface area (Å²) in [5, 5.41) is 0. The molecule has 3 aliphatic rings. The van der Waals surface area contributed by atoms with Crippen LogP contribution in [0.1, 0.15) is 52.4 Å². The monoisotopic (exact) mass is 328 g/mol. The molecule has 2 aliphatic heterocycles. The molecule has 6 heteroatoms. The van der Waals surface area contributed by atoms with Gasteiger partial charge in [0, 0.05) is 31.6 Å². The Morgan fingerprint density at radius 1 is 1.18 bits per heavy atom. The van der Waals surface area contributed by atoms with Gasteiger partial charge in [0.1, 0.15) is 0 Å². The molecule has 2 saturated heterocycles. The highest BCUT2D eigenvalue weighted by molar-refractivity contribution is 7.89. The predicted molar refractivity (Wildman–Crippen MR) is 85.8 cm³/mol. The van der Waals surface area contributed by atoms with Crippen LogP contribution in [-0.2, 0) is 14.8 Å². The van der Waals surface area contributed by atoms with Gasteiger partial charge in [-0.25, -0.2) is 12.7 Å². The number of piperidine rings is 2. The zero-order valence-corrected chi connectivity index (χ0v) is 14.5. The lowest BCUT2D eigenvalue weighted by atomic mass is 9.84. The third-order valence-electron chi connectivity index (χ3n) is 5.32. The van der Waals surface area contributed by atoms with Gasteiger partial charge >= 0.3 is 0 Å². The van der Waals surface area contributed by atoms with Crippen molar-refractivity contribution in [3.63, 3.8) is 0 Å². The van der Waals surface area contributed by atoms with Crippen molar-refractivity contribution < 1.29 is 13.2 Å². The molecule has 0 aromatic rings. The van der Waals surface area contributed by atoms with E-state index in [1.54, 1.807) is 4.31 Å². The van der Waals surface area contributed by atoms with Crippen molar-refractivity contribution in [1.82, 2.24) is 9.21 Å². The molecule has 0 spiro atoms. The summed E-state index contributed by atoms with van der Waals surface area (Å²) < 4.78 is 26.7. The molecule has 22 heavy (non-hydrogen) atoms. The highest BCUT2D eigenvalue weighted by Crippen LogP contribution is 2.39. The molecule has 2 heterocycles. The van der Waals surface area contributed by atoms with E-state index in [1.807, 2.05) is 0 Å². The molecule has 0 unspecified atom stereocenters. The van der Waals surface area contributed by atoms with Gasteiger partial charge in [-0.2, -0.15) is 0 Å². The number of amides is 1. The Balaban J connectivity index is 1.65. The summed E-state index contributed by atoms with van der Waals surface area (Å²) in [5.41, 5.74) is 0. The minimum absolute atomic E-state index is 0.257. The van der Waals surface area contributed by atoms with Gasteiger partial charge in [0.25, 0.3) is 0 Å². The van der Waals surface area contributed by atoms with Crippen molar-refractivity contribution in [2.75, 3.05) is 18.8 Å². The van der Waals surface area contributed by atoms with Crippen LogP contribution in [0.4, 0.5) is 0 Å². The first-order valence-electron chi connectivity index (χ1n) is 8.67. The van der Waals surface area contributed by atoms with Crippen LogP contribution in [-0.4, -0.2) is 54.5 Å². The first kappa shape index (κ1) is 16.2. The van der Waals surface area contributed by atoms with Gasteiger partial charge in [-0.3, -0.25) is 4.79 Å². The van der Waals surface area contributed by atoms with Crippen LogP contribution in [0.2, 0.25) is 0 Å². The number of rotatable bonds is 5. The van der Waals surface area contributed by atoms with Crippen molar-refractivity contribution in [1.29, 1.82) is 0 Å². The second-order valence-corrected chi connectivity index (χ2v) is 9.63. The molecule has 3 fully saturated rings. The standard InChI is InChI=1S/C16H28N2O3S/c1-12(2)8-10-22(20,21)17-9-7-15-13(11-17)3-6-16(19)18(15)14-4-5-14/h12-15H,3-11H2,1-2H3/t13-,15-/m1/s1. The van der Waals surface area contributed by atoms with Gasteiger partial charge in [0.2, 0.25) is 15.9 Å². The number of hydrogen-bond donors (Lipinski definition) is 0. The van der Waals surface area contributed by atoms with Crippen molar-refractivity contribution in [3.05, 3.63) is 0 Å². The van der Waals surface area contributed by atoms with Gasteiger partial charge in [0.15, 0.2) is 0 Å². The third kappa shape index (κ3) is 3.32. The van der Waals surface area contributed by atoms with Crippen LogP contribution in [0.3, 0.4) is 0 Å². The van der Waals surface area contributed by atoms with Crippen molar-refractivity contribution in [3.8, 4) is 0 Å². The molecule has 0 bridgehead atoms. The molecule has 0 N–H and O–H groups in total. The van der Waals surface area contributed by atoms with Crippen LogP contribution in [0.15, 0.2) is 0 Å². The van der Waals surface area contributed by atoms with Gasteiger partial charge in [-0.1, -0.05) is 13.8 Å². The van der Waals surface area contributed by atoms with Crippen LogP contribution in [0.25, 0.3) is 0 Å². The fourth-order valence-electron chi connectivity index (χ4n) is 3.85. The van der Waals surface area contributed by atoms with Crippen LogP contribution >= 0.6 is 0 Å². The van der Waals surface area contributed by atoms with Gasteiger partial charge in [0.05, 0.1) is 5.75 Å². The third-order valence-corrected chi connectivity index (χ3v) is 7.19. The number of nitrogens with zero attached hydrogens (tertiary/aromatic N) is 2. The van der Waals surface area contributed by atoms with E-state index in [1.165, 1.54) is 0 Å². The van der Waals surface area contributed by atoms with Gasteiger partial charge in [-0.05, 0) is 43.9 Å². The number of carbonyl (C=O) groups excluding carboxylic acids is 1. The van der Waals surface area contributed by atoms with Crippen molar-refractivity contribution in [2.45, 2.75) is 64.5 Å². The average Bonchev–Trinajstić information content (AvgIpc) is 3.29. The first-order valence-corrected chi connectivity index (χ1v) is 10.3. The number of fused-ring (bicyclic) bond motifs is 1. The summed E-state index contributed by atoms with van der Waals surface area (Å²) >= 11 is 0. The van der Waals surface area contributed by atoms with E-state index in [-0.39, 0.29) is 11.8 Å². The minimum Gasteiger partial charge on any atom is -0.336 e. The quantitative estimate of drug-likeness (QED) is 0.774. The Labute approximate surface area is 134 Å². The predicted octanol–water partition coefficient (Wildman–Crippen LogP) is 1.84. The maximum absolute atomic E-state index is 12.5. The number of sulfonamides is 1. The van der Waals surface area contributed by atoms with E-state index in [0.717, 1.165) is 32.1 Å². The van der Waals surface area contributed by atoms with Crippen molar-refractivity contribution in [2.24, 2.45) is 11.8 Å². The normalized spacial score (nSPS) is 30.7. The van der Waals surface area contributed by atoms with E-state index >= 15 is 0 Å². The van der Waals surface area contributed by atoms with Crippen LogP contribution in [0, 0.1) is 11.8 Å². The molecule has 0 aromatic carbocycles. The zero-order valence-electron chi connectivity index (χ0n) is 13.7. The average molecular weight is 328 g/mol. The molecule has 3 rings (SSSR count). The Morgan fingerprint density at radius 3 is 2.55 bits per heavy atom. The smallest absolute Gasteiger partial charge is 0.223 e. The first-order chi connectivity index (χ1) is 10.4. The van der Waals surface area contributed by atoms with Crippen LogP contribution < -0.4 is 0 Å². The SMILES string of the molecule is CC(C)CCS(=O)(=O)N1CC[C@@H]2[C@H](CCC(=O)N2C2CC2)C1. The lowest BCUT2D eigenvalue weighted by Gasteiger charge is -2.47. The molecule has 1 aliphatic carbocycles. The summed E-state index contributed by atoms with van der Waals surface area (Å²) in [7, 11) is -3.13. The fraction of sp³-hybridized carbons (Fsp3) is 0.938. The highest BCUT2D eigenvalue weighted by atomic mass is 32.2. The second kappa shape index (κ2) is 6.11. The summed E-state index contributed by atoms with van der Waals surface area (Å²) in [6.45, 7) is 5.31. The Morgan fingerprint density at radius 2 is 1.91 bits per heavy atom. The van der Waals surface area contributed by atoms with Crippen molar-refractivity contribution >= 4 is 15.9 Å². The second-order valence-electron chi connectivity index (χ2n) is 7.54. The number of likely N-dealkylation sites (tertiary alicyclic amines) is 1. The fourth-order valence-corrected chi connectivity index (χ4v) is 5.68. The molecule has 2 atom stereocenters. The van der Waals surface area contributed by atoms with E-state index in [4.69, 9.17) is 0 Å². The molecular weight excluding hydrogens is 300 g/mol. The highest BCUT2D eigenvalue weighted by Gasteiger charge is 2.46. The lowest BCUT2D eigenvalue weighted by Crippen LogP contribution is -2.57. The van der Waals surface area contributed by atoms with E-state index in [9.17, 15) is 13.2 Å². The molecule has 0 radical (unpaired) electrons. The lowest BCUT2D eigenvalue weighted by molar-refractivity contribution is -0.141. The summed E-state index contributed by atoms with van der Waals surface area (Å²) in [6.07, 6.45) is 5.24. The topological polar surface area (TPSA) is 57.7 Å². The zero-order chi connectivity index (χ0) is 15.9. The van der Waals surface area contributed by atoms with E-state index in [0.29, 0.717) is 43.3 Å². The van der Waals surface area contributed by atoms with Gasteiger partial charge in [-0.15, -0.1) is 0 Å². The molecular formula is C16H28N2O3S. The summed E-state index contributed by atoms with van der Waals surface area (Å²) in [4.78, 5) is 14.3. The maximum Gasteiger partial charge on any atom is 0.223 e. The molecule has 5 nitrogen and oxygen atoms in total. The Kier molecular flexibility index (Phi) is 4.52.